The molecule has 4 aromatic rings. The van der Waals surface area contributed by atoms with E-state index >= 15 is 0 Å². The number of hydrogen-bond acceptors (Lipinski definition) is 6. The molecule has 0 spiro atoms. The molecule has 0 atom stereocenters. The van der Waals surface area contributed by atoms with E-state index in [0.717, 1.165) is 16.9 Å². The Kier molecular flexibility index (Phi) is 8.05. The molecule has 0 aliphatic carbocycles. The second kappa shape index (κ2) is 11.8. The van der Waals surface area contributed by atoms with Gasteiger partial charge in [-0.3, -0.25) is 10.3 Å². The molecule has 35 heavy (non-hydrogen) atoms. The molecule has 4 rings (SSSR count). The summed E-state index contributed by atoms with van der Waals surface area (Å²) in [5.41, 5.74) is 3.36. The number of rotatable bonds is 10. The van der Waals surface area contributed by atoms with E-state index in [-0.39, 0.29) is 6.03 Å². The number of nitrogens with one attached hydrogen (secondary N) is 2. The number of anilines is 2. The molecule has 0 radical (unpaired) electrons. The predicted octanol–water partition coefficient (Wildman–Crippen LogP) is 5.18. The minimum Gasteiger partial charge on any atom is -0.457 e. The summed E-state index contributed by atoms with van der Waals surface area (Å²) in [6.07, 6.45) is 3.33. The summed E-state index contributed by atoms with van der Waals surface area (Å²) in [6.45, 7) is 3.51. The lowest BCUT2D eigenvalue weighted by Gasteiger charge is -2.11. The van der Waals surface area contributed by atoms with Gasteiger partial charge in [0.25, 0.3) is 0 Å². The van der Waals surface area contributed by atoms with E-state index in [1.54, 1.807) is 60.6 Å². The molecular weight excluding hydrogens is 446 g/mol. The highest BCUT2D eigenvalue weighted by molar-refractivity contribution is 5.99. The highest BCUT2D eigenvalue weighted by Crippen LogP contribution is 2.23. The summed E-state index contributed by atoms with van der Waals surface area (Å²) in [5.74, 6) is 1.91. The van der Waals surface area contributed by atoms with Crippen molar-refractivity contribution < 1.29 is 19.0 Å². The Morgan fingerprint density at radius 3 is 2.46 bits per heavy atom. The van der Waals surface area contributed by atoms with Gasteiger partial charge >= 0.3 is 6.03 Å². The van der Waals surface area contributed by atoms with Crippen LogP contribution in [0.5, 0.6) is 11.5 Å². The van der Waals surface area contributed by atoms with Gasteiger partial charge in [0.15, 0.2) is 0 Å². The van der Waals surface area contributed by atoms with Crippen LogP contribution in [0.1, 0.15) is 11.3 Å². The number of carbonyl (C=O) groups excluding carboxylic acids is 1. The molecule has 0 saturated carbocycles. The molecule has 2 aromatic carbocycles. The Hall–Kier alpha value is -4.21. The van der Waals surface area contributed by atoms with Crippen molar-refractivity contribution in [1.29, 1.82) is 0 Å². The van der Waals surface area contributed by atoms with Crippen LogP contribution in [-0.4, -0.2) is 41.1 Å². The van der Waals surface area contributed by atoms with Gasteiger partial charge in [0.2, 0.25) is 0 Å². The van der Waals surface area contributed by atoms with Gasteiger partial charge in [-0.25, -0.2) is 9.48 Å². The van der Waals surface area contributed by atoms with E-state index in [1.165, 1.54) is 0 Å². The van der Waals surface area contributed by atoms with Gasteiger partial charge < -0.3 is 19.5 Å². The zero-order chi connectivity index (χ0) is 24.5. The quantitative estimate of drug-likeness (QED) is 0.308. The number of benzene rings is 2. The second-order valence-electron chi connectivity index (χ2n) is 7.68. The van der Waals surface area contributed by atoms with E-state index in [0.29, 0.717) is 42.8 Å². The van der Waals surface area contributed by atoms with E-state index in [4.69, 9.17) is 14.2 Å². The van der Waals surface area contributed by atoms with E-state index in [9.17, 15) is 4.79 Å². The maximum absolute atomic E-state index is 12.6. The maximum atomic E-state index is 12.6. The molecule has 0 bridgehead atoms. The standard InChI is InChI=1S/C26H27N5O4/c1-19-17-24(11-13-27-19)35-23-9-5-21(6-10-23)29-26(32)30-25-12-14-28-31(25)22-7-3-20(4-8-22)18-34-16-15-33-2/h3-14,17H,15-16,18H2,1-2H3,(H2,29,30,32). The highest BCUT2D eigenvalue weighted by Gasteiger charge is 2.10. The number of nitrogens with zero attached hydrogens (tertiary/aromatic N) is 3. The fraction of sp³-hybridized carbons (Fsp3) is 0.192. The maximum Gasteiger partial charge on any atom is 0.324 e. The van der Waals surface area contributed by atoms with Crippen molar-refractivity contribution in [2.75, 3.05) is 31.0 Å². The lowest BCUT2D eigenvalue weighted by atomic mass is 10.2. The smallest absolute Gasteiger partial charge is 0.324 e. The van der Waals surface area contributed by atoms with E-state index in [1.807, 2.05) is 37.3 Å². The fourth-order valence-electron chi connectivity index (χ4n) is 3.27. The first kappa shape index (κ1) is 23.9. The number of ether oxygens (including phenoxy) is 3. The molecule has 180 valence electrons. The van der Waals surface area contributed by atoms with Crippen molar-refractivity contribution >= 4 is 17.5 Å². The summed E-state index contributed by atoms with van der Waals surface area (Å²) in [7, 11) is 1.64. The van der Waals surface area contributed by atoms with Crippen molar-refractivity contribution in [3.05, 3.63) is 90.4 Å². The normalized spacial score (nSPS) is 10.7. The largest absolute Gasteiger partial charge is 0.457 e. The number of methoxy groups -OCH3 is 1. The number of carbonyl (C=O) groups is 1. The predicted molar refractivity (Wildman–Crippen MR) is 133 cm³/mol. The number of hydrogen-bond donors (Lipinski definition) is 2. The van der Waals surface area contributed by atoms with Crippen LogP contribution in [0.15, 0.2) is 79.1 Å². The summed E-state index contributed by atoms with van der Waals surface area (Å²) in [4.78, 5) is 16.7. The topological polar surface area (TPSA) is 99.5 Å². The summed E-state index contributed by atoms with van der Waals surface area (Å²) < 4.78 is 18.0. The molecule has 9 nitrogen and oxygen atoms in total. The molecule has 2 N–H and O–H groups in total. The zero-order valence-electron chi connectivity index (χ0n) is 19.6. The monoisotopic (exact) mass is 473 g/mol. The molecule has 0 aliphatic heterocycles. The molecule has 2 amide bonds. The Balaban J connectivity index is 1.32. The van der Waals surface area contributed by atoms with Gasteiger partial charge in [-0.1, -0.05) is 12.1 Å². The molecule has 0 fully saturated rings. The number of aryl methyl sites for hydroxylation is 1. The second-order valence-corrected chi connectivity index (χ2v) is 7.68. The van der Waals surface area contributed by atoms with Crippen LogP contribution in [-0.2, 0) is 16.1 Å². The zero-order valence-corrected chi connectivity index (χ0v) is 19.6. The van der Waals surface area contributed by atoms with Crippen LogP contribution in [0.25, 0.3) is 5.69 Å². The number of pyridine rings is 1. The Morgan fingerprint density at radius 1 is 0.914 bits per heavy atom. The number of aromatic nitrogens is 3. The number of urea groups is 1. The molecule has 9 heteroatoms. The summed E-state index contributed by atoms with van der Waals surface area (Å²) in [6, 6.07) is 19.9. The molecule has 2 heterocycles. The minimum absolute atomic E-state index is 0.381. The van der Waals surface area contributed by atoms with Crippen LogP contribution in [0.4, 0.5) is 16.3 Å². The van der Waals surface area contributed by atoms with Crippen LogP contribution < -0.4 is 15.4 Å². The lowest BCUT2D eigenvalue weighted by molar-refractivity contribution is 0.0616. The first-order chi connectivity index (χ1) is 17.1. The lowest BCUT2D eigenvalue weighted by Crippen LogP contribution is -2.21. The Morgan fingerprint density at radius 2 is 1.71 bits per heavy atom. The number of amides is 2. The molecular formula is C26H27N5O4. The van der Waals surface area contributed by atoms with Crippen LogP contribution in [0, 0.1) is 6.92 Å². The van der Waals surface area contributed by atoms with Crippen LogP contribution in [0.3, 0.4) is 0 Å². The Labute approximate surface area is 203 Å². The summed E-state index contributed by atoms with van der Waals surface area (Å²) >= 11 is 0. The van der Waals surface area contributed by atoms with Crippen molar-refractivity contribution in [1.82, 2.24) is 14.8 Å². The van der Waals surface area contributed by atoms with Gasteiger partial charge in [-0.2, -0.15) is 5.10 Å². The Bertz CT molecular complexity index is 1240. The molecule has 0 unspecified atom stereocenters. The minimum atomic E-state index is -0.381. The van der Waals surface area contributed by atoms with Crippen molar-refractivity contribution in [2.24, 2.45) is 0 Å². The van der Waals surface area contributed by atoms with Crippen molar-refractivity contribution in [3.63, 3.8) is 0 Å². The molecule has 0 aliphatic rings. The molecule has 2 aromatic heterocycles. The third-order valence-corrected chi connectivity index (χ3v) is 4.98. The third kappa shape index (κ3) is 6.89. The van der Waals surface area contributed by atoms with Crippen LogP contribution >= 0.6 is 0 Å². The molecule has 0 saturated heterocycles. The van der Waals surface area contributed by atoms with Gasteiger partial charge in [0.05, 0.1) is 31.7 Å². The first-order valence-corrected chi connectivity index (χ1v) is 11.1. The van der Waals surface area contributed by atoms with Crippen molar-refractivity contribution in [2.45, 2.75) is 13.5 Å². The van der Waals surface area contributed by atoms with Gasteiger partial charge in [-0.05, 0) is 55.0 Å². The third-order valence-electron chi connectivity index (χ3n) is 4.98. The average molecular weight is 474 g/mol. The SMILES string of the molecule is COCCOCc1ccc(-n2nccc2NC(=O)Nc2ccc(Oc3ccnc(C)c3)cc2)cc1. The van der Waals surface area contributed by atoms with Gasteiger partial charge in [0, 0.05) is 36.8 Å². The van der Waals surface area contributed by atoms with E-state index in [2.05, 4.69) is 20.7 Å². The average Bonchev–Trinajstić information content (AvgIpc) is 3.31. The highest BCUT2D eigenvalue weighted by atomic mass is 16.5. The van der Waals surface area contributed by atoms with Crippen molar-refractivity contribution in [3.8, 4) is 17.2 Å². The van der Waals surface area contributed by atoms with Gasteiger partial charge in [0.1, 0.15) is 17.3 Å². The van der Waals surface area contributed by atoms with E-state index < -0.39 is 0 Å². The fourth-order valence-corrected chi connectivity index (χ4v) is 3.27. The summed E-state index contributed by atoms with van der Waals surface area (Å²) in [5, 5.41) is 9.98. The van der Waals surface area contributed by atoms with Crippen LogP contribution in [0.2, 0.25) is 0 Å². The van der Waals surface area contributed by atoms with Gasteiger partial charge in [-0.15, -0.1) is 0 Å². The first-order valence-electron chi connectivity index (χ1n) is 11.1.